The minimum atomic E-state index is -0.517. The predicted octanol–water partition coefficient (Wildman–Crippen LogP) is 2.19. The summed E-state index contributed by atoms with van der Waals surface area (Å²) in [4.78, 5) is 12.2. The van der Waals surface area contributed by atoms with Gasteiger partial charge in [0, 0.05) is 5.31 Å². The van der Waals surface area contributed by atoms with Crippen molar-refractivity contribution in [2.45, 2.75) is 63.5 Å². The van der Waals surface area contributed by atoms with E-state index in [-0.39, 0.29) is 29.6 Å². The summed E-state index contributed by atoms with van der Waals surface area (Å²) in [5.74, 6) is -0.166. The largest absolute Gasteiger partial charge is 0.469 e. The Morgan fingerprint density at radius 1 is 1.05 bits per heavy atom. The van der Waals surface area contributed by atoms with Crippen molar-refractivity contribution < 1.29 is 23.6 Å². The van der Waals surface area contributed by atoms with E-state index in [9.17, 15) is 4.79 Å². The summed E-state index contributed by atoms with van der Waals surface area (Å²) >= 11 is 0. The van der Waals surface area contributed by atoms with Gasteiger partial charge in [0.2, 0.25) is 0 Å². The zero-order valence-electron chi connectivity index (χ0n) is 13.7. The normalized spacial score (nSPS) is 40.3. The van der Waals surface area contributed by atoms with Crippen LogP contribution >= 0.6 is 0 Å². The van der Waals surface area contributed by atoms with Crippen molar-refractivity contribution in [1.29, 1.82) is 0 Å². The maximum atomic E-state index is 12.2. The van der Waals surface area contributed by atoms with Crippen molar-refractivity contribution in [3.05, 3.63) is 0 Å². The summed E-state index contributed by atoms with van der Waals surface area (Å²) in [6, 6.07) is 0. The number of hydrogen-bond donors (Lipinski definition) is 0. The fourth-order valence-electron chi connectivity index (χ4n) is 3.85. The molecule has 1 saturated carbocycles. The zero-order chi connectivity index (χ0) is 15.5. The molecular formula is C15H25BO5. The molecule has 0 aromatic carbocycles. The first-order chi connectivity index (χ1) is 9.66. The van der Waals surface area contributed by atoms with E-state index < -0.39 is 5.41 Å². The SMILES string of the molecule is COC(=O)C12CCC(B3OC(C)(C)C(C)(C)O3)(COC1)C2. The maximum Gasteiger partial charge on any atom is 0.466 e. The average molecular weight is 296 g/mol. The molecule has 6 heteroatoms. The van der Waals surface area contributed by atoms with Crippen LogP contribution in [0.4, 0.5) is 0 Å². The topological polar surface area (TPSA) is 54.0 Å². The molecule has 0 aromatic heterocycles. The van der Waals surface area contributed by atoms with Crippen LogP contribution in [0.3, 0.4) is 0 Å². The number of carbonyl (C=O) groups is 1. The van der Waals surface area contributed by atoms with Crippen LogP contribution in [-0.2, 0) is 23.6 Å². The van der Waals surface area contributed by atoms with E-state index >= 15 is 0 Å². The minimum absolute atomic E-state index is 0.166. The van der Waals surface area contributed by atoms with E-state index in [1.807, 2.05) is 0 Å². The van der Waals surface area contributed by atoms with Crippen molar-refractivity contribution in [2.24, 2.45) is 5.41 Å². The Bertz CT molecular complexity index is 447. The molecule has 0 aromatic rings. The van der Waals surface area contributed by atoms with Gasteiger partial charge in [-0.2, -0.15) is 0 Å². The number of rotatable bonds is 2. The van der Waals surface area contributed by atoms with E-state index in [1.54, 1.807) is 0 Å². The van der Waals surface area contributed by atoms with Gasteiger partial charge in [-0.3, -0.25) is 4.79 Å². The maximum absolute atomic E-state index is 12.2. The summed E-state index contributed by atoms with van der Waals surface area (Å²) < 4.78 is 23.2. The van der Waals surface area contributed by atoms with Crippen LogP contribution in [0.25, 0.3) is 0 Å². The van der Waals surface area contributed by atoms with Crippen LogP contribution in [-0.4, -0.2) is 44.6 Å². The van der Waals surface area contributed by atoms with Gasteiger partial charge in [0.25, 0.3) is 0 Å². The zero-order valence-corrected chi connectivity index (χ0v) is 13.7. The third-order valence-corrected chi connectivity index (χ3v) is 5.93. The molecule has 2 aliphatic heterocycles. The lowest BCUT2D eigenvalue weighted by molar-refractivity contribution is -0.159. The molecule has 0 N–H and O–H groups in total. The summed E-state index contributed by atoms with van der Waals surface area (Å²) in [6.07, 6.45) is 2.38. The number of ether oxygens (including phenoxy) is 2. The van der Waals surface area contributed by atoms with Crippen molar-refractivity contribution in [2.75, 3.05) is 20.3 Å². The third kappa shape index (κ3) is 2.06. The lowest BCUT2D eigenvalue weighted by atomic mass is 9.54. The molecule has 2 heterocycles. The molecular weight excluding hydrogens is 271 g/mol. The van der Waals surface area contributed by atoms with Gasteiger partial charge >= 0.3 is 13.1 Å². The van der Waals surface area contributed by atoms with Crippen LogP contribution in [0, 0.1) is 5.41 Å². The van der Waals surface area contributed by atoms with Crippen molar-refractivity contribution in [1.82, 2.24) is 0 Å². The quantitative estimate of drug-likeness (QED) is 0.577. The smallest absolute Gasteiger partial charge is 0.466 e. The van der Waals surface area contributed by atoms with Crippen LogP contribution in [0.1, 0.15) is 47.0 Å². The highest BCUT2D eigenvalue weighted by atomic mass is 16.7. The van der Waals surface area contributed by atoms with Gasteiger partial charge in [-0.15, -0.1) is 0 Å². The molecule has 0 spiro atoms. The Morgan fingerprint density at radius 2 is 1.67 bits per heavy atom. The number of esters is 1. The Labute approximate surface area is 126 Å². The van der Waals surface area contributed by atoms with Crippen LogP contribution < -0.4 is 0 Å². The number of carbonyl (C=O) groups excluding carboxylic acids is 1. The first kappa shape index (κ1) is 15.3. The third-order valence-electron chi connectivity index (χ3n) is 5.93. The molecule has 2 bridgehead atoms. The Morgan fingerprint density at radius 3 is 2.24 bits per heavy atom. The fourth-order valence-corrected chi connectivity index (χ4v) is 3.85. The second kappa shape index (κ2) is 4.46. The second-order valence-corrected chi connectivity index (χ2v) is 7.89. The van der Waals surface area contributed by atoms with Crippen molar-refractivity contribution in [3.63, 3.8) is 0 Å². The molecule has 1 aliphatic carbocycles. The molecule has 2 atom stereocenters. The highest BCUT2D eigenvalue weighted by Gasteiger charge is 2.67. The standard InChI is InChI=1S/C15H25BO5/c1-12(2)13(3,4)21-16(20-12)15-7-6-14(8-15,9-19-10-15)11(17)18-5/h6-10H2,1-5H3. The van der Waals surface area contributed by atoms with Crippen LogP contribution in [0.2, 0.25) is 5.31 Å². The molecule has 0 radical (unpaired) electrons. The lowest BCUT2D eigenvalue weighted by Gasteiger charge is -2.38. The van der Waals surface area contributed by atoms with Gasteiger partial charge in [-0.1, -0.05) is 0 Å². The number of hydrogen-bond acceptors (Lipinski definition) is 5. The van der Waals surface area contributed by atoms with Crippen LogP contribution in [0.5, 0.6) is 0 Å². The lowest BCUT2D eigenvalue weighted by Crippen LogP contribution is -2.46. The van der Waals surface area contributed by atoms with Gasteiger partial charge in [0.1, 0.15) is 0 Å². The molecule has 0 amide bonds. The van der Waals surface area contributed by atoms with E-state index in [1.165, 1.54) is 7.11 Å². The monoisotopic (exact) mass is 296 g/mol. The van der Waals surface area contributed by atoms with Crippen molar-refractivity contribution >= 4 is 13.1 Å². The molecule has 2 unspecified atom stereocenters. The van der Waals surface area contributed by atoms with Gasteiger partial charge in [-0.25, -0.2) is 0 Å². The second-order valence-electron chi connectivity index (χ2n) is 7.89. The predicted molar refractivity (Wildman–Crippen MR) is 77.9 cm³/mol. The van der Waals surface area contributed by atoms with Gasteiger partial charge in [0.05, 0.1) is 36.9 Å². The van der Waals surface area contributed by atoms with E-state index in [0.29, 0.717) is 13.2 Å². The minimum Gasteiger partial charge on any atom is -0.469 e. The van der Waals surface area contributed by atoms with Gasteiger partial charge in [-0.05, 0) is 47.0 Å². The molecule has 3 fully saturated rings. The first-order valence-corrected chi connectivity index (χ1v) is 7.68. The van der Waals surface area contributed by atoms with E-state index in [0.717, 1.165) is 19.3 Å². The molecule has 5 nitrogen and oxygen atoms in total. The summed E-state index contributed by atoms with van der Waals surface area (Å²) in [6.45, 7) is 9.24. The van der Waals surface area contributed by atoms with E-state index in [2.05, 4.69) is 27.7 Å². The van der Waals surface area contributed by atoms with E-state index in [4.69, 9.17) is 18.8 Å². The van der Waals surface area contributed by atoms with Crippen LogP contribution in [0.15, 0.2) is 0 Å². The highest BCUT2D eigenvalue weighted by molar-refractivity contribution is 6.50. The summed E-state index contributed by atoms with van der Waals surface area (Å²) in [5.41, 5.74) is -1.24. The summed E-state index contributed by atoms with van der Waals surface area (Å²) in [7, 11) is 1.12. The fraction of sp³-hybridized carbons (Fsp3) is 0.933. The Kier molecular flexibility index (Phi) is 3.25. The van der Waals surface area contributed by atoms with Gasteiger partial charge in [0.15, 0.2) is 0 Å². The Balaban J connectivity index is 1.86. The summed E-state index contributed by atoms with van der Waals surface area (Å²) in [5, 5.41) is -0.239. The molecule has 2 saturated heterocycles. The van der Waals surface area contributed by atoms with Crippen molar-refractivity contribution in [3.8, 4) is 0 Å². The average Bonchev–Trinajstić information content (AvgIpc) is 2.82. The van der Waals surface area contributed by atoms with Gasteiger partial charge < -0.3 is 18.8 Å². The number of fused-ring (bicyclic) bond motifs is 2. The highest BCUT2D eigenvalue weighted by Crippen LogP contribution is 2.62. The number of methoxy groups -OCH3 is 1. The molecule has 3 rings (SSSR count). The molecule has 21 heavy (non-hydrogen) atoms. The molecule has 3 aliphatic rings. The first-order valence-electron chi connectivity index (χ1n) is 7.68. The Hall–Kier alpha value is -0.585. The molecule has 118 valence electrons.